The SMILES string of the molecule is CCC1CN(CCCOC)C2(CCCCC2)CN1. The molecule has 0 radical (unpaired) electrons. The third-order valence-electron chi connectivity index (χ3n) is 4.88. The van der Waals surface area contributed by atoms with Crippen LogP contribution >= 0.6 is 0 Å². The summed E-state index contributed by atoms with van der Waals surface area (Å²) in [7, 11) is 1.81. The van der Waals surface area contributed by atoms with Crippen molar-refractivity contribution in [1.29, 1.82) is 0 Å². The second-order valence-electron chi connectivity index (χ2n) is 6.06. The normalized spacial score (nSPS) is 28.7. The minimum absolute atomic E-state index is 0.470. The number of rotatable bonds is 5. The van der Waals surface area contributed by atoms with Crippen LogP contribution in [-0.2, 0) is 4.74 Å². The summed E-state index contributed by atoms with van der Waals surface area (Å²) in [5.74, 6) is 0. The molecular weight excluding hydrogens is 224 g/mol. The van der Waals surface area contributed by atoms with Crippen LogP contribution < -0.4 is 5.32 Å². The molecule has 2 fully saturated rings. The third kappa shape index (κ3) is 3.25. The maximum absolute atomic E-state index is 5.22. The third-order valence-corrected chi connectivity index (χ3v) is 4.88. The number of hydrogen-bond acceptors (Lipinski definition) is 3. The van der Waals surface area contributed by atoms with Crippen molar-refractivity contribution in [3.63, 3.8) is 0 Å². The molecule has 1 N–H and O–H groups in total. The highest BCUT2D eigenvalue weighted by Crippen LogP contribution is 2.35. The van der Waals surface area contributed by atoms with Crippen LogP contribution in [0.3, 0.4) is 0 Å². The van der Waals surface area contributed by atoms with E-state index in [-0.39, 0.29) is 0 Å². The van der Waals surface area contributed by atoms with Gasteiger partial charge in [-0.15, -0.1) is 0 Å². The summed E-state index contributed by atoms with van der Waals surface area (Å²) in [5, 5.41) is 3.78. The van der Waals surface area contributed by atoms with Gasteiger partial charge in [0.1, 0.15) is 0 Å². The molecule has 18 heavy (non-hydrogen) atoms. The molecule has 1 spiro atoms. The maximum Gasteiger partial charge on any atom is 0.0474 e. The molecule has 0 aromatic heterocycles. The molecule has 106 valence electrons. The number of methoxy groups -OCH3 is 1. The fourth-order valence-electron chi connectivity index (χ4n) is 3.67. The number of nitrogens with zero attached hydrogens (tertiary/aromatic N) is 1. The van der Waals surface area contributed by atoms with Gasteiger partial charge in [0.2, 0.25) is 0 Å². The second kappa shape index (κ2) is 6.88. The van der Waals surface area contributed by atoms with Crippen LogP contribution in [0, 0.1) is 0 Å². The maximum atomic E-state index is 5.22. The Morgan fingerprint density at radius 2 is 2.06 bits per heavy atom. The molecule has 0 aromatic carbocycles. The van der Waals surface area contributed by atoms with E-state index in [9.17, 15) is 0 Å². The zero-order valence-electron chi connectivity index (χ0n) is 12.2. The van der Waals surface area contributed by atoms with Crippen LogP contribution in [0.5, 0.6) is 0 Å². The lowest BCUT2D eigenvalue weighted by Gasteiger charge is -2.52. The van der Waals surface area contributed by atoms with E-state index in [1.807, 2.05) is 7.11 Å². The fraction of sp³-hybridized carbons (Fsp3) is 1.00. The average molecular weight is 254 g/mol. The summed E-state index contributed by atoms with van der Waals surface area (Å²) in [6, 6.07) is 0.695. The molecule has 3 heteroatoms. The molecule has 1 aliphatic heterocycles. The highest BCUT2D eigenvalue weighted by atomic mass is 16.5. The fourth-order valence-corrected chi connectivity index (χ4v) is 3.67. The van der Waals surface area contributed by atoms with E-state index in [0.29, 0.717) is 11.6 Å². The van der Waals surface area contributed by atoms with Gasteiger partial charge in [-0.3, -0.25) is 4.90 Å². The second-order valence-corrected chi connectivity index (χ2v) is 6.06. The highest BCUT2D eigenvalue weighted by Gasteiger charge is 2.41. The summed E-state index contributed by atoms with van der Waals surface area (Å²) in [4.78, 5) is 2.79. The number of ether oxygens (including phenoxy) is 1. The zero-order valence-corrected chi connectivity index (χ0v) is 12.2. The van der Waals surface area contributed by atoms with Crippen molar-refractivity contribution in [1.82, 2.24) is 10.2 Å². The number of hydrogen-bond donors (Lipinski definition) is 1. The van der Waals surface area contributed by atoms with E-state index >= 15 is 0 Å². The first-order valence-corrected chi connectivity index (χ1v) is 7.78. The first-order chi connectivity index (χ1) is 8.80. The lowest BCUT2D eigenvalue weighted by molar-refractivity contribution is 0.00417. The van der Waals surface area contributed by atoms with Gasteiger partial charge >= 0.3 is 0 Å². The minimum atomic E-state index is 0.470. The predicted molar refractivity (Wildman–Crippen MR) is 76.0 cm³/mol. The zero-order chi connectivity index (χ0) is 12.8. The quantitative estimate of drug-likeness (QED) is 0.763. The van der Waals surface area contributed by atoms with Crippen molar-refractivity contribution in [2.75, 3.05) is 33.4 Å². The Morgan fingerprint density at radius 1 is 1.28 bits per heavy atom. The van der Waals surface area contributed by atoms with E-state index in [4.69, 9.17) is 4.74 Å². The monoisotopic (exact) mass is 254 g/mol. The Kier molecular flexibility index (Phi) is 5.46. The standard InChI is InChI=1S/C15H30N2O/c1-3-14-12-17(10-7-11-18-2)15(13-16-14)8-5-4-6-9-15/h14,16H,3-13H2,1-2H3. The first kappa shape index (κ1) is 14.3. The Labute approximate surface area is 112 Å². The smallest absolute Gasteiger partial charge is 0.0474 e. The van der Waals surface area contributed by atoms with Crippen LogP contribution in [0.25, 0.3) is 0 Å². The Hall–Kier alpha value is -0.120. The highest BCUT2D eigenvalue weighted by molar-refractivity contribution is 5.00. The van der Waals surface area contributed by atoms with Crippen LogP contribution in [0.1, 0.15) is 51.9 Å². The molecule has 0 amide bonds. The van der Waals surface area contributed by atoms with Gasteiger partial charge in [0.25, 0.3) is 0 Å². The van der Waals surface area contributed by atoms with E-state index in [1.165, 1.54) is 64.6 Å². The summed E-state index contributed by atoms with van der Waals surface area (Å²) in [6.07, 6.45) is 9.47. The largest absolute Gasteiger partial charge is 0.385 e. The van der Waals surface area contributed by atoms with E-state index < -0.39 is 0 Å². The molecule has 1 aliphatic carbocycles. The molecule has 1 saturated heterocycles. The molecular formula is C15H30N2O. The van der Waals surface area contributed by atoms with Gasteiger partial charge in [-0.05, 0) is 25.7 Å². The molecule has 2 aliphatic rings. The molecule has 3 nitrogen and oxygen atoms in total. The molecule has 1 atom stereocenters. The minimum Gasteiger partial charge on any atom is -0.385 e. The number of nitrogens with one attached hydrogen (secondary N) is 1. The van der Waals surface area contributed by atoms with Gasteiger partial charge in [-0.1, -0.05) is 26.2 Å². The van der Waals surface area contributed by atoms with E-state index in [1.54, 1.807) is 0 Å². The molecule has 1 heterocycles. The lowest BCUT2D eigenvalue weighted by Crippen LogP contribution is -2.65. The Morgan fingerprint density at radius 3 is 2.72 bits per heavy atom. The van der Waals surface area contributed by atoms with Crippen LogP contribution in [0.4, 0.5) is 0 Å². The Bertz CT molecular complexity index is 239. The van der Waals surface area contributed by atoms with Gasteiger partial charge in [-0.25, -0.2) is 0 Å². The first-order valence-electron chi connectivity index (χ1n) is 7.78. The number of piperazine rings is 1. The van der Waals surface area contributed by atoms with Crippen molar-refractivity contribution in [2.45, 2.75) is 63.5 Å². The van der Waals surface area contributed by atoms with Crippen LogP contribution in [0.15, 0.2) is 0 Å². The van der Waals surface area contributed by atoms with Gasteiger partial charge in [-0.2, -0.15) is 0 Å². The van der Waals surface area contributed by atoms with Crippen molar-refractivity contribution < 1.29 is 4.74 Å². The molecule has 1 unspecified atom stereocenters. The predicted octanol–water partition coefficient (Wildman–Crippen LogP) is 2.41. The van der Waals surface area contributed by atoms with Crippen LogP contribution in [0.2, 0.25) is 0 Å². The molecule has 0 aromatic rings. The summed E-state index contributed by atoms with van der Waals surface area (Å²) < 4.78 is 5.22. The van der Waals surface area contributed by atoms with Crippen molar-refractivity contribution in [3.8, 4) is 0 Å². The lowest BCUT2D eigenvalue weighted by atomic mass is 9.78. The van der Waals surface area contributed by atoms with E-state index in [2.05, 4.69) is 17.1 Å². The molecule has 2 rings (SSSR count). The topological polar surface area (TPSA) is 24.5 Å². The summed E-state index contributed by atoms with van der Waals surface area (Å²) in [5.41, 5.74) is 0.470. The summed E-state index contributed by atoms with van der Waals surface area (Å²) >= 11 is 0. The van der Waals surface area contributed by atoms with Crippen molar-refractivity contribution >= 4 is 0 Å². The van der Waals surface area contributed by atoms with Crippen LogP contribution in [-0.4, -0.2) is 49.8 Å². The van der Waals surface area contributed by atoms with Gasteiger partial charge in [0, 0.05) is 44.9 Å². The Balaban J connectivity index is 1.96. The summed E-state index contributed by atoms with van der Waals surface area (Å²) in [6.45, 7) is 6.85. The van der Waals surface area contributed by atoms with Crippen molar-refractivity contribution in [2.24, 2.45) is 0 Å². The van der Waals surface area contributed by atoms with Gasteiger partial charge in [0.15, 0.2) is 0 Å². The average Bonchev–Trinajstić information content (AvgIpc) is 2.42. The van der Waals surface area contributed by atoms with Gasteiger partial charge in [0.05, 0.1) is 0 Å². The van der Waals surface area contributed by atoms with Crippen molar-refractivity contribution in [3.05, 3.63) is 0 Å². The molecule has 1 saturated carbocycles. The molecule has 0 bridgehead atoms. The van der Waals surface area contributed by atoms with Gasteiger partial charge < -0.3 is 10.1 Å². The van der Waals surface area contributed by atoms with E-state index in [0.717, 1.165) is 6.61 Å².